The van der Waals surface area contributed by atoms with Crippen molar-refractivity contribution in [3.8, 4) is 23.1 Å². The molecule has 0 atom stereocenters. The molecule has 1 aliphatic rings. The maximum Gasteiger partial charge on any atom is 0.316 e. The molecule has 1 N–H and O–H groups in total. The summed E-state index contributed by atoms with van der Waals surface area (Å²) in [6, 6.07) is 11.4. The van der Waals surface area contributed by atoms with Crippen LogP contribution >= 0.6 is 0 Å². The molecule has 8 nitrogen and oxygen atoms in total. The topological polar surface area (TPSA) is 99.6 Å². The SMILES string of the molecule is Cc1ccc2oc(-c3noc(C(=O)NCc4ccc5c(c4)OCO5)n3)c(C)c2c1. The molecular formula is C21H17N3O5. The van der Waals surface area contributed by atoms with Crippen molar-refractivity contribution in [2.45, 2.75) is 20.4 Å². The number of carbonyl (C=O) groups is 1. The fourth-order valence-corrected chi connectivity index (χ4v) is 3.26. The molecule has 1 aliphatic heterocycles. The Labute approximate surface area is 165 Å². The van der Waals surface area contributed by atoms with E-state index in [0.29, 0.717) is 17.3 Å². The molecule has 0 saturated heterocycles. The van der Waals surface area contributed by atoms with Crippen LogP contribution in [0.5, 0.6) is 11.5 Å². The Balaban J connectivity index is 1.33. The molecule has 0 saturated carbocycles. The van der Waals surface area contributed by atoms with E-state index in [1.165, 1.54) is 0 Å². The molecule has 146 valence electrons. The predicted molar refractivity (Wildman–Crippen MR) is 103 cm³/mol. The lowest BCUT2D eigenvalue weighted by atomic mass is 10.1. The van der Waals surface area contributed by atoms with Crippen molar-refractivity contribution in [1.82, 2.24) is 15.5 Å². The van der Waals surface area contributed by atoms with Crippen LogP contribution < -0.4 is 14.8 Å². The molecule has 4 aromatic rings. The van der Waals surface area contributed by atoms with Crippen molar-refractivity contribution in [2.75, 3.05) is 6.79 Å². The Bertz CT molecular complexity index is 1240. The summed E-state index contributed by atoms with van der Waals surface area (Å²) >= 11 is 0. The number of aryl methyl sites for hydroxylation is 2. The molecule has 0 unspecified atom stereocenters. The van der Waals surface area contributed by atoms with Gasteiger partial charge in [0.15, 0.2) is 17.3 Å². The van der Waals surface area contributed by atoms with Gasteiger partial charge >= 0.3 is 11.8 Å². The van der Waals surface area contributed by atoms with Gasteiger partial charge in [-0.25, -0.2) is 0 Å². The number of amides is 1. The number of ether oxygens (including phenoxy) is 2. The average Bonchev–Trinajstić information content (AvgIpc) is 3.45. The Kier molecular flexibility index (Phi) is 3.97. The maximum absolute atomic E-state index is 12.4. The van der Waals surface area contributed by atoms with Crippen molar-refractivity contribution in [3.63, 3.8) is 0 Å². The minimum atomic E-state index is -0.467. The van der Waals surface area contributed by atoms with Crippen LogP contribution in [0.2, 0.25) is 0 Å². The normalized spacial score (nSPS) is 12.5. The first-order valence-electron chi connectivity index (χ1n) is 9.09. The van der Waals surface area contributed by atoms with E-state index in [0.717, 1.165) is 27.7 Å². The van der Waals surface area contributed by atoms with Crippen molar-refractivity contribution >= 4 is 16.9 Å². The van der Waals surface area contributed by atoms with E-state index in [-0.39, 0.29) is 25.1 Å². The fourth-order valence-electron chi connectivity index (χ4n) is 3.26. The van der Waals surface area contributed by atoms with Gasteiger partial charge in [-0.2, -0.15) is 4.98 Å². The monoisotopic (exact) mass is 391 g/mol. The standard InChI is InChI=1S/C21H17N3O5/c1-11-3-5-15-14(7-11)12(2)18(28-15)19-23-21(29-24-19)20(25)22-9-13-4-6-16-17(8-13)27-10-26-16/h3-8H,9-10H2,1-2H3,(H,22,25). The van der Waals surface area contributed by atoms with Crippen molar-refractivity contribution in [2.24, 2.45) is 0 Å². The lowest BCUT2D eigenvalue weighted by molar-refractivity contribution is 0.0907. The summed E-state index contributed by atoms with van der Waals surface area (Å²) < 4.78 is 21.6. The highest BCUT2D eigenvalue weighted by Gasteiger charge is 2.21. The van der Waals surface area contributed by atoms with Gasteiger partial charge in [-0.1, -0.05) is 22.9 Å². The van der Waals surface area contributed by atoms with E-state index >= 15 is 0 Å². The smallest absolute Gasteiger partial charge is 0.316 e. The second-order valence-electron chi connectivity index (χ2n) is 6.85. The van der Waals surface area contributed by atoms with Gasteiger partial charge in [0.25, 0.3) is 0 Å². The summed E-state index contributed by atoms with van der Waals surface area (Å²) in [4.78, 5) is 16.6. The van der Waals surface area contributed by atoms with Gasteiger partial charge < -0.3 is 23.7 Å². The minimum Gasteiger partial charge on any atom is -0.454 e. The Morgan fingerprint density at radius 3 is 2.86 bits per heavy atom. The predicted octanol–water partition coefficient (Wildman–Crippen LogP) is 3.76. The molecule has 0 radical (unpaired) electrons. The molecule has 0 spiro atoms. The zero-order chi connectivity index (χ0) is 20.0. The van der Waals surface area contributed by atoms with Crippen LogP contribution in [0.3, 0.4) is 0 Å². The van der Waals surface area contributed by atoms with Crippen LogP contribution in [-0.4, -0.2) is 22.8 Å². The summed E-state index contributed by atoms with van der Waals surface area (Å²) in [7, 11) is 0. The quantitative estimate of drug-likeness (QED) is 0.565. The van der Waals surface area contributed by atoms with E-state index in [1.54, 1.807) is 6.07 Å². The average molecular weight is 391 g/mol. The first kappa shape index (κ1) is 17.3. The zero-order valence-electron chi connectivity index (χ0n) is 15.8. The lowest BCUT2D eigenvalue weighted by Gasteiger charge is -2.03. The lowest BCUT2D eigenvalue weighted by Crippen LogP contribution is -2.23. The molecule has 0 aliphatic carbocycles. The van der Waals surface area contributed by atoms with E-state index in [1.807, 2.05) is 44.2 Å². The number of nitrogens with zero attached hydrogens (tertiary/aromatic N) is 2. The van der Waals surface area contributed by atoms with Crippen LogP contribution in [-0.2, 0) is 6.54 Å². The molecule has 1 amide bonds. The Hall–Kier alpha value is -3.81. The number of hydrogen-bond acceptors (Lipinski definition) is 7. The molecule has 5 rings (SSSR count). The first-order chi connectivity index (χ1) is 14.1. The summed E-state index contributed by atoms with van der Waals surface area (Å²) in [5, 5.41) is 7.65. The molecule has 2 aromatic carbocycles. The summed E-state index contributed by atoms with van der Waals surface area (Å²) in [6.45, 7) is 4.44. The molecule has 8 heteroatoms. The summed E-state index contributed by atoms with van der Waals surface area (Å²) in [5.74, 6) is 1.49. The van der Waals surface area contributed by atoms with Gasteiger partial charge in [-0.3, -0.25) is 4.79 Å². The van der Waals surface area contributed by atoms with Crippen LogP contribution in [0.25, 0.3) is 22.6 Å². The number of hydrogen-bond donors (Lipinski definition) is 1. The largest absolute Gasteiger partial charge is 0.454 e. The van der Waals surface area contributed by atoms with Crippen LogP contribution in [0.4, 0.5) is 0 Å². The maximum atomic E-state index is 12.4. The fraction of sp³-hybridized carbons (Fsp3) is 0.190. The van der Waals surface area contributed by atoms with Gasteiger partial charge in [-0.05, 0) is 43.7 Å². The highest BCUT2D eigenvalue weighted by atomic mass is 16.7. The summed E-state index contributed by atoms with van der Waals surface area (Å²) in [6.07, 6.45) is 0. The molecule has 2 aromatic heterocycles. The number of benzene rings is 2. The molecule has 0 bridgehead atoms. The zero-order valence-corrected chi connectivity index (χ0v) is 15.8. The third kappa shape index (κ3) is 3.08. The van der Waals surface area contributed by atoms with Crippen molar-refractivity contribution in [1.29, 1.82) is 0 Å². The van der Waals surface area contributed by atoms with Gasteiger partial charge in [0.1, 0.15) is 5.58 Å². The van der Waals surface area contributed by atoms with Gasteiger partial charge in [0.2, 0.25) is 12.6 Å². The van der Waals surface area contributed by atoms with Crippen molar-refractivity contribution in [3.05, 3.63) is 59.0 Å². The second-order valence-corrected chi connectivity index (χ2v) is 6.85. The number of fused-ring (bicyclic) bond motifs is 2. The van der Waals surface area contributed by atoms with E-state index < -0.39 is 5.91 Å². The number of nitrogens with one attached hydrogen (secondary N) is 1. The minimum absolute atomic E-state index is 0.128. The Morgan fingerprint density at radius 1 is 1.10 bits per heavy atom. The van der Waals surface area contributed by atoms with Gasteiger partial charge in [0, 0.05) is 17.5 Å². The molecular weight excluding hydrogens is 374 g/mol. The highest BCUT2D eigenvalue weighted by Crippen LogP contribution is 2.33. The highest BCUT2D eigenvalue weighted by molar-refractivity contribution is 5.90. The van der Waals surface area contributed by atoms with E-state index in [2.05, 4.69) is 15.5 Å². The number of rotatable bonds is 4. The number of aromatic nitrogens is 2. The first-order valence-corrected chi connectivity index (χ1v) is 9.09. The van der Waals surface area contributed by atoms with E-state index in [4.69, 9.17) is 18.4 Å². The number of furan rings is 1. The number of carbonyl (C=O) groups excluding carboxylic acids is 1. The van der Waals surface area contributed by atoms with Crippen LogP contribution in [0, 0.1) is 13.8 Å². The molecule has 0 fully saturated rings. The van der Waals surface area contributed by atoms with Crippen molar-refractivity contribution < 1.29 is 23.2 Å². The molecule has 3 heterocycles. The third-order valence-corrected chi connectivity index (χ3v) is 4.81. The third-order valence-electron chi connectivity index (χ3n) is 4.81. The Morgan fingerprint density at radius 2 is 1.97 bits per heavy atom. The van der Waals surface area contributed by atoms with E-state index in [9.17, 15) is 4.79 Å². The second kappa shape index (κ2) is 6.66. The molecule has 29 heavy (non-hydrogen) atoms. The summed E-state index contributed by atoms with van der Waals surface area (Å²) in [5.41, 5.74) is 3.63. The van der Waals surface area contributed by atoms with Gasteiger partial charge in [-0.15, -0.1) is 0 Å². The van der Waals surface area contributed by atoms with Gasteiger partial charge in [0.05, 0.1) is 0 Å². The van der Waals surface area contributed by atoms with Crippen LogP contribution in [0.1, 0.15) is 27.4 Å². The van der Waals surface area contributed by atoms with Crippen LogP contribution in [0.15, 0.2) is 45.3 Å².